The van der Waals surface area contributed by atoms with Crippen LogP contribution in [0.25, 0.3) is 0 Å². The molecule has 2 rings (SSSR count). The van der Waals surface area contributed by atoms with Gasteiger partial charge in [-0.15, -0.1) is 5.10 Å². The van der Waals surface area contributed by atoms with E-state index in [9.17, 15) is 22.8 Å². The molecule has 0 bridgehead atoms. The van der Waals surface area contributed by atoms with Gasteiger partial charge in [0.25, 0.3) is 0 Å². The first-order valence-corrected chi connectivity index (χ1v) is 8.71. The Morgan fingerprint density at radius 3 is 2.30 bits per heavy atom. The lowest BCUT2D eigenvalue weighted by Gasteiger charge is -2.33. The summed E-state index contributed by atoms with van der Waals surface area (Å²) in [6.45, 7) is 5.56. The minimum absolute atomic E-state index is 0.193. The molecule has 0 unspecified atom stereocenters. The minimum atomic E-state index is -4.85. The minimum Gasteiger partial charge on any atom is -0.445 e. The third kappa shape index (κ3) is 5.24. The molecule has 1 aliphatic rings. The van der Waals surface area contributed by atoms with Crippen LogP contribution in [0.1, 0.15) is 55.8 Å². The molecule has 0 atom stereocenters. The molecule has 1 fully saturated rings. The van der Waals surface area contributed by atoms with Crippen LogP contribution in [0.3, 0.4) is 0 Å². The second-order valence-corrected chi connectivity index (χ2v) is 7.19. The van der Waals surface area contributed by atoms with E-state index in [0.717, 1.165) is 0 Å². The molecule has 0 saturated carbocycles. The number of esters is 1. The molecule has 1 saturated heterocycles. The van der Waals surface area contributed by atoms with Crippen LogP contribution in [0.5, 0.6) is 0 Å². The van der Waals surface area contributed by atoms with E-state index >= 15 is 0 Å². The van der Waals surface area contributed by atoms with Crippen LogP contribution in [0, 0.1) is 0 Å². The molecule has 8 nitrogen and oxygen atoms in total. The molecule has 152 valence electrons. The van der Waals surface area contributed by atoms with E-state index in [1.165, 1.54) is 4.90 Å². The number of amides is 1. The molecule has 27 heavy (non-hydrogen) atoms. The van der Waals surface area contributed by atoms with E-state index in [2.05, 4.69) is 15.0 Å². The third-order valence-corrected chi connectivity index (χ3v) is 3.91. The highest BCUT2D eigenvalue weighted by Gasteiger charge is 2.44. The summed E-state index contributed by atoms with van der Waals surface area (Å²) >= 11 is 5.23. The highest BCUT2D eigenvalue weighted by atomic mass is 35.5. The van der Waals surface area contributed by atoms with Crippen LogP contribution in [0.4, 0.5) is 18.0 Å². The Morgan fingerprint density at radius 1 is 1.22 bits per heavy atom. The van der Waals surface area contributed by atoms with Crippen molar-refractivity contribution >= 4 is 23.7 Å². The number of piperidine rings is 1. The van der Waals surface area contributed by atoms with Gasteiger partial charge in [0.2, 0.25) is 5.69 Å². The van der Waals surface area contributed by atoms with Crippen molar-refractivity contribution in [3.63, 3.8) is 0 Å². The van der Waals surface area contributed by atoms with Crippen molar-refractivity contribution in [2.45, 2.75) is 51.4 Å². The van der Waals surface area contributed by atoms with Gasteiger partial charge in [0.05, 0.1) is 6.04 Å². The maximum atomic E-state index is 13.5. The number of alkyl halides is 4. The molecule has 12 heteroatoms. The van der Waals surface area contributed by atoms with E-state index in [1.807, 2.05) is 0 Å². The van der Waals surface area contributed by atoms with Gasteiger partial charge in [-0.2, -0.15) is 13.2 Å². The lowest BCUT2D eigenvalue weighted by Crippen LogP contribution is -2.42. The molecular weight excluding hydrogens is 393 g/mol. The molecule has 1 aliphatic heterocycles. The number of halogens is 4. The maximum Gasteiger partial charge on any atom is 0.435 e. The zero-order valence-electron chi connectivity index (χ0n) is 15.0. The molecule has 1 aromatic heterocycles. The van der Waals surface area contributed by atoms with E-state index in [1.54, 1.807) is 20.8 Å². The molecule has 0 aromatic carbocycles. The van der Waals surface area contributed by atoms with Crippen LogP contribution in [0.2, 0.25) is 0 Å². The smallest absolute Gasteiger partial charge is 0.435 e. The number of likely N-dealkylation sites (tertiary alicyclic amines) is 1. The van der Waals surface area contributed by atoms with Crippen LogP contribution in [0.15, 0.2) is 0 Å². The Bertz CT molecular complexity index is 694. The zero-order valence-corrected chi connectivity index (χ0v) is 15.8. The molecule has 0 radical (unpaired) electrons. The summed E-state index contributed by atoms with van der Waals surface area (Å²) in [6, 6.07) is -1.28. The number of hydrogen-bond donors (Lipinski definition) is 0. The molecule has 0 spiro atoms. The predicted molar refractivity (Wildman–Crippen MR) is 87.2 cm³/mol. The monoisotopic (exact) mass is 412 g/mol. The van der Waals surface area contributed by atoms with Gasteiger partial charge in [-0.1, -0.05) is 16.8 Å². The van der Waals surface area contributed by atoms with Crippen molar-refractivity contribution in [1.82, 2.24) is 19.9 Å². The average Bonchev–Trinajstić information content (AvgIpc) is 2.99. The second kappa shape index (κ2) is 7.91. The largest absolute Gasteiger partial charge is 0.445 e. The number of carbonyl (C=O) groups is 2. The van der Waals surface area contributed by atoms with Gasteiger partial charge in [0, 0.05) is 13.1 Å². The number of hydrogen-bond acceptors (Lipinski definition) is 6. The Kier molecular flexibility index (Phi) is 6.23. The van der Waals surface area contributed by atoms with Crippen molar-refractivity contribution in [1.29, 1.82) is 0 Å². The van der Waals surface area contributed by atoms with Gasteiger partial charge in [0.1, 0.15) is 5.60 Å². The summed E-state index contributed by atoms with van der Waals surface area (Å²) in [4.78, 5) is 25.2. The van der Waals surface area contributed by atoms with Gasteiger partial charge in [-0.05, 0) is 33.6 Å². The average molecular weight is 413 g/mol. The lowest BCUT2D eigenvalue weighted by molar-refractivity contribution is -0.146. The predicted octanol–water partition coefficient (Wildman–Crippen LogP) is 3.22. The number of carbonyl (C=O) groups excluding carboxylic acids is 2. The van der Waals surface area contributed by atoms with Crippen LogP contribution in [-0.4, -0.2) is 56.7 Å². The first-order valence-electron chi connectivity index (χ1n) is 8.17. The highest BCUT2D eigenvalue weighted by molar-refractivity contribution is 6.17. The van der Waals surface area contributed by atoms with Gasteiger partial charge in [-0.3, -0.25) is 0 Å². The fourth-order valence-corrected chi connectivity index (χ4v) is 2.79. The summed E-state index contributed by atoms with van der Waals surface area (Å²) in [6.07, 6.45) is -4.97. The molecule has 0 N–H and O–H groups in total. The Balaban J connectivity index is 2.16. The van der Waals surface area contributed by atoms with E-state index in [4.69, 9.17) is 16.3 Å². The van der Waals surface area contributed by atoms with Crippen LogP contribution in [-0.2, 0) is 15.7 Å². The number of rotatable bonds is 3. The molecule has 2 heterocycles. The normalized spacial score (nSPS) is 16.3. The van der Waals surface area contributed by atoms with E-state index in [-0.39, 0.29) is 25.9 Å². The van der Waals surface area contributed by atoms with Crippen molar-refractivity contribution < 1.29 is 32.2 Å². The first kappa shape index (κ1) is 21.3. The summed E-state index contributed by atoms with van der Waals surface area (Å²) in [5.41, 5.74) is -2.88. The quantitative estimate of drug-likeness (QED) is 0.559. The number of nitrogens with zero attached hydrogens (tertiary/aromatic N) is 4. The van der Waals surface area contributed by atoms with Gasteiger partial charge in [0.15, 0.2) is 11.8 Å². The first-order chi connectivity index (χ1) is 12.4. The molecule has 1 amide bonds. The lowest BCUT2D eigenvalue weighted by atomic mass is 10.0. The molecular formula is C15H20ClF3N4O4. The van der Waals surface area contributed by atoms with E-state index in [0.29, 0.717) is 4.68 Å². The van der Waals surface area contributed by atoms with E-state index < -0.39 is 47.3 Å². The number of ether oxygens (including phenoxy) is 2. The summed E-state index contributed by atoms with van der Waals surface area (Å²) < 4.78 is 50.7. The topological polar surface area (TPSA) is 86.5 Å². The zero-order chi connectivity index (χ0) is 20.4. The summed E-state index contributed by atoms with van der Waals surface area (Å²) in [5, 5.41) is 6.84. The number of aromatic nitrogens is 3. The van der Waals surface area contributed by atoms with Gasteiger partial charge < -0.3 is 14.4 Å². The Labute approximate surface area is 158 Å². The molecule has 1 aromatic rings. The van der Waals surface area contributed by atoms with Crippen molar-refractivity contribution in [3.8, 4) is 0 Å². The SMILES string of the molecule is CC(C)(C)OC(=O)N1CCC(n2nnc(C(=O)OCCl)c2C(F)(F)F)CC1. The van der Waals surface area contributed by atoms with Crippen molar-refractivity contribution in [2.24, 2.45) is 0 Å². The fraction of sp³-hybridized carbons (Fsp3) is 0.733. The maximum absolute atomic E-state index is 13.5. The fourth-order valence-electron chi connectivity index (χ4n) is 2.69. The van der Waals surface area contributed by atoms with Crippen LogP contribution < -0.4 is 0 Å². The second-order valence-electron chi connectivity index (χ2n) is 6.97. The Morgan fingerprint density at radius 2 is 1.81 bits per heavy atom. The Hall–Kier alpha value is -2.04. The standard InChI is InChI=1S/C15H20ClF3N4O4/c1-14(2,3)27-13(25)22-6-4-9(5-7-22)23-11(15(17,18)19)10(20-21-23)12(24)26-8-16/h9H,4-8H2,1-3H3. The van der Waals surface area contributed by atoms with Gasteiger partial charge >= 0.3 is 18.2 Å². The third-order valence-electron chi connectivity index (χ3n) is 3.80. The van der Waals surface area contributed by atoms with Crippen molar-refractivity contribution in [2.75, 3.05) is 19.2 Å². The molecule has 0 aliphatic carbocycles. The van der Waals surface area contributed by atoms with Crippen LogP contribution >= 0.6 is 11.6 Å². The summed E-state index contributed by atoms with van der Waals surface area (Å²) in [7, 11) is 0. The highest BCUT2D eigenvalue weighted by Crippen LogP contribution is 2.35. The summed E-state index contributed by atoms with van der Waals surface area (Å²) in [5.74, 6) is -1.30. The van der Waals surface area contributed by atoms with Gasteiger partial charge in [-0.25, -0.2) is 14.3 Å². The van der Waals surface area contributed by atoms with Crippen molar-refractivity contribution in [3.05, 3.63) is 11.4 Å².